The highest BCUT2D eigenvalue weighted by Gasteiger charge is 2.23. The van der Waals surface area contributed by atoms with E-state index in [1.54, 1.807) is 13.8 Å². The molecule has 0 radical (unpaired) electrons. The van der Waals surface area contributed by atoms with Gasteiger partial charge in [-0.1, -0.05) is 13.8 Å². The second-order valence-electron chi connectivity index (χ2n) is 4.23. The molecule has 0 fully saturated rings. The van der Waals surface area contributed by atoms with Crippen molar-refractivity contribution in [2.45, 2.75) is 26.0 Å². The zero-order chi connectivity index (χ0) is 14.1. The number of carboxylic acids is 1. The lowest BCUT2D eigenvalue weighted by atomic mass is 10.1. The number of urea groups is 1. The molecule has 18 heavy (non-hydrogen) atoms. The Hall–Kier alpha value is -1.34. The summed E-state index contributed by atoms with van der Waals surface area (Å²) in [7, 11) is 3.04. The van der Waals surface area contributed by atoms with Crippen LogP contribution in [-0.2, 0) is 14.3 Å². The first-order chi connectivity index (χ1) is 8.42. The summed E-state index contributed by atoms with van der Waals surface area (Å²) < 4.78 is 9.95. The van der Waals surface area contributed by atoms with Crippen LogP contribution in [0.2, 0.25) is 0 Å². The summed E-state index contributed by atoms with van der Waals surface area (Å²) in [6.07, 6.45) is -0.261. The Morgan fingerprint density at radius 2 is 1.89 bits per heavy atom. The van der Waals surface area contributed by atoms with E-state index in [1.165, 1.54) is 14.2 Å². The van der Waals surface area contributed by atoms with Gasteiger partial charge in [-0.15, -0.1) is 0 Å². The first-order valence-corrected chi connectivity index (χ1v) is 5.71. The highest BCUT2D eigenvalue weighted by molar-refractivity contribution is 5.82. The molecule has 0 heterocycles. The third kappa shape index (κ3) is 6.41. The quantitative estimate of drug-likeness (QED) is 0.574. The van der Waals surface area contributed by atoms with Crippen LogP contribution in [0.3, 0.4) is 0 Å². The Morgan fingerprint density at radius 1 is 1.28 bits per heavy atom. The van der Waals surface area contributed by atoms with Gasteiger partial charge in [-0.3, -0.25) is 0 Å². The molecule has 7 heteroatoms. The van der Waals surface area contributed by atoms with Gasteiger partial charge in [0.1, 0.15) is 6.04 Å². The standard InChI is InChI=1S/C11H22N2O5/c1-7(2)9(10(14)15)13-11(16)12-5-8(18-4)6-17-3/h7-9H,5-6H2,1-4H3,(H,14,15)(H2,12,13,16)/t8?,9-/m1/s1. The number of hydrogen-bond donors (Lipinski definition) is 3. The molecular weight excluding hydrogens is 240 g/mol. The van der Waals surface area contributed by atoms with Gasteiger partial charge in [0.2, 0.25) is 0 Å². The van der Waals surface area contributed by atoms with Crippen molar-refractivity contribution in [3.8, 4) is 0 Å². The second-order valence-corrected chi connectivity index (χ2v) is 4.23. The number of nitrogens with one attached hydrogen (secondary N) is 2. The van der Waals surface area contributed by atoms with Gasteiger partial charge < -0.3 is 25.2 Å². The Morgan fingerprint density at radius 3 is 2.28 bits per heavy atom. The summed E-state index contributed by atoms with van der Waals surface area (Å²) in [6, 6.07) is -1.44. The van der Waals surface area contributed by atoms with Gasteiger partial charge in [0.25, 0.3) is 0 Å². The van der Waals surface area contributed by atoms with Crippen LogP contribution in [0.25, 0.3) is 0 Å². The molecule has 0 aromatic rings. The predicted octanol–water partition coefficient (Wildman–Crippen LogP) is 0.0562. The van der Waals surface area contributed by atoms with E-state index in [-0.39, 0.29) is 18.6 Å². The molecule has 0 aliphatic heterocycles. The SMILES string of the molecule is COCC(CNC(=O)N[C@@H](C(=O)O)C(C)C)OC. The van der Waals surface area contributed by atoms with Crippen molar-refractivity contribution in [3.05, 3.63) is 0 Å². The van der Waals surface area contributed by atoms with E-state index in [1.807, 2.05) is 0 Å². The summed E-state index contributed by atoms with van der Waals surface area (Å²) in [6.45, 7) is 4.05. The van der Waals surface area contributed by atoms with Gasteiger partial charge in [0.05, 0.1) is 12.7 Å². The van der Waals surface area contributed by atoms with E-state index in [2.05, 4.69) is 10.6 Å². The fraction of sp³-hybridized carbons (Fsp3) is 0.818. The number of amides is 2. The Bertz CT molecular complexity index is 270. The maximum Gasteiger partial charge on any atom is 0.326 e. The van der Waals surface area contributed by atoms with E-state index in [4.69, 9.17) is 14.6 Å². The minimum absolute atomic E-state index is 0.189. The van der Waals surface area contributed by atoms with Crippen LogP contribution in [0.4, 0.5) is 4.79 Å². The van der Waals surface area contributed by atoms with Gasteiger partial charge in [0.15, 0.2) is 0 Å². The summed E-state index contributed by atoms with van der Waals surface area (Å²) in [5.74, 6) is -1.24. The fourth-order valence-electron chi connectivity index (χ4n) is 1.31. The number of carboxylic acid groups (broad SMARTS) is 1. The van der Waals surface area contributed by atoms with Crippen molar-refractivity contribution >= 4 is 12.0 Å². The van der Waals surface area contributed by atoms with Crippen molar-refractivity contribution in [3.63, 3.8) is 0 Å². The molecular formula is C11H22N2O5. The molecule has 0 saturated heterocycles. The molecule has 0 aromatic heterocycles. The molecule has 106 valence electrons. The Kier molecular flexibility index (Phi) is 8.06. The highest BCUT2D eigenvalue weighted by atomic mass is 16.5. The molecule has 2 atom stereocenters. The molecule has 1 unspecified atom stereocenters. The Balaban J connectivity index is 4.13. The minimum atomic E-state index is -1.06. The van der Waals surface area contributed by atoms with Crippen molar-refractivity contribution in [2.24, 2.45) is 5.92 Å². The monoisotopic (exact) mass is 262 g/mol. The fourth-order valence-corrected chi connectivity index (χ4v) is 1.31. The van der Waals surface area contributed by atoms with Crippen LogP contribution in [-0.4, -0.2) is 56.6 Å². The number of hydrogen-bond acceptors (Lipinski definition) is 4. The zero-order valence-corrected chi connectivity index (χ0v) is 11.2. The molecule has 3 N–H and O–H groups in total. The lowest BCUT2D eigenvalue weighted by molar-refractivity contribution is -0.140. The average molecular weight is 262 g/mol. The summed E-state index contributed by atoms with van der Waals surface area (Å²) in [4.78, 5) is 22.4. The largest absolute Gasteiger partial charge is 0.480 e. The zero-order valence-electron chi connectivity index (χ0n) is 11.2. The van der Waals surface area contributed by atoms with Crippen LogP contribution >= 0.6 is 0 Å². The van der Waals surface area contributed by atoms with Crippen LogP contribution in [0, 0.1) is 5.92 Å². The normalized spacial score (nSPS) is 14.1. The van der Waals surface area contributed by atoms with Crippen LogP contribution in [0.15, 0.2) is 0 Å². The van der Waals surface area contributed by atoms with E-state index in [9.17, 15) is 9.59 Å². The third-order valence-electron chi connectivity index (χ3n) is 2.40. The molecule has 0 spiro atoms. The topological polar surface area (TPSA) is 96.9 Å². The van der Waals surface area contributed by atoms with Gasteiger partial charge in [0, 0.05) is 20.8 Å². The van der Waals surface area contributed by atoms with Gasteiger partial charge >= 0.3 is 12.0 Å². The summed E-state index contributed by atoms with van der Waals surface area (Å²) in [5.41, 5.74) is 0. The minimum Gasteiger partial charge on any atom is -0.480 e. The molecule has 0 aromatic carbocycles. The molecule has 7 nitrogen and oxygen atoms in total. The lowest BCUT2D eigenvalue weighted by Crippen LogP contribution is -2.50. The van der Waals surface area contributed by atoms with Crippen molar-refractivity contribution in [1.29, 1.82) is 0 Å². The Labute approximate surface area is 107 Å². The van der Waals surface area contributed by atoms with Gasteiger partial charge in [-0.25, -0.2) is 9.59 Å². The number of rotatable bonds is 8. The van der Waals surface area contributed by atoms with Crippen LogP contribution < -0.4 is 10.6 Å². The number of ether oxygens (including phenoxy) is 2. The van der Waals surface area contributed by atoms with E-state index in [0.29, 0.717) is 6.61 Å². The predicted molar refractivity (Wildman–Crippen MR) is 65.5 cm³/mol. The second kappa shape index (κ2) is 8.71. The van der Waals surface area contributed by atoms with Crippen molar-refractivity contribution in [1.82, 2.24) is 10.6 Å². The maximum absolute atomic E-state index is 11.5. The van der Waals surface area contributed by atoms with Crippen LogP contribution in [0.5, 0.6) is 0 Å². The lowest BCUT2D eigenvalue weighted by Gasteiger charge is -2.20. The summed E-state index contributed by atoms with van der Waals surface area (Å²) >= 11 is 0. The smallest absolute Gasteiger partial charge is 0.326 e. The number of methoxy groups -OCH3 is 2. The maximum atomic E-state index is 11.5. The average Bonchev–Trinajstić information content (AvgIpc) is 2.30. The van der Waals surface area contributed by atoms with Gasteiger partial charge in [-0.05, 0) is 5.92 Å². The van der Waals surface area contributed by atoms with Crippen molar-refractivity contribution in [2.75, 3.05) is 27.4 Å². The van der Waals surface area contributed by atoms with Gasteiger partial charge in [-0.2, -0.15) is 0 Å². The first kappa shape index (κ1) is 16.7. The number of carbonyl (C=O) groups excluding carboxylic acids is 1. The van der Waals surface area contributed by atoms with Crippen molar-refractivity contribution < 1.29 is 24.2 Å². The van der Waals surface area contributed by atoms with E-state index >= 15 is 0 Å². The molecule has 0 rings (SSSR count). The van der Waals surface area contributed by atoms with Crippen LogP contribution in [0.1, 0.15) is 13.8 Å². The van der Waals surface area contributed by atoms with E-state index < -0.39 is 18.0 Å². The number of aliphatic carboxylic acids is 1. The molecule has 0 aliphatic rings. The number of carbonyl (C=O) groups is 2. The highest BCUT2D eigenvalue weighted by Crippen LogP contribution is 2.01. The summed E-state index contributed by atoms with van der Waals surface area (Å²) in [5, 5.41) is 13.8. The molecule has 0 saturated carbocycles. The molecule has 0 bridgehead atoms. The third-order valence-corrected chi connectivity index (χ3v) is 2.40. The van der Waals surface area contributed by atoms with E-state index in [0.717, 1.165) is 0 Å². The first-order valence-electron chi connectivity index (χ1n) is 5.71. The molecule has 0 aliphatic carbocycles. The molecule has 2 amide bonds.